The SMILES string of the molecule is COc1ccc(OC)c(C(C)NC(=NCC2CCCCO2)NCCc2ccco2)c1.I. The van der Waals surface area contributed by atoms with E-state index in [-0.39, 0.29) is 36.1 Å². The van der Waals surface area contributed by atoms with Crippen molar-refractivity contribution < 1.29 is 18.6 Å². The number of ether oxygens (including phenoxy) is 3. The first-order chi connectivity index (χ1) is 14.7. The molecule has 1 aliphatic rings. The second-order valence-electron chi connectivity index (χ2n) is 7.41. The third-order valence-electron chi connectivity index (χ3n) is 5.23. The zero-order chi connectivity index (χ0) is 21.2. The third-order valence-corrected chi connectivity index (χ3v) is 5.23. The molecule has 0 aliphatic carbocycles. The van der Waals surface area contributed by atoms with E-state index >= 15 is 0 Å². The van der Waals surface area contributed by atoms with E-state index in [1.165, 1.54) is 6.42 Å². The standard InChI is InChI=1S/C23H33N3O4.HI/c1-17(21-15-19(27-2)9-10-22(21)28-3)26-23(24-12-11-18-8-6-14-29-18)25-16-20-7-4-5-13-30-20;/h6,8-10,14-15,17,20H,4-5,7,11-13,16H2,1-3H3,(H2,24,25,26);1H. The van der Waals surface area contributed by atoms with Crippen molar-refractivity contribution in [3.05, 3.63) is 47.9 Å². The number of nitrogens with zero attached hydrogens (tertiary/aromatic N) is 1. The van der Waals surface area contributed by atoms with Gasteiger partial charge in [0.25, 0.3) is 0 Å². The number of aliphatic imine (C=N–C) groups is 1. The predicted molar refractivity (Wildman–Crippen MR) is 133 cm³/mol. The largest absolute Gasteiger partial charge is 0.497 e. The van der Waals surface area contributed by atoms with Crippen LogP contribution >= 0.6 is 24.0 Å². The normalized spacial score (nSPS) is 17.4. The Bertz CT molecular complexity index is 792. The van der Waals surface area contributed by atoms with Crippen molar-refractivity contribution in [2.75, 3.05) is 33.9 Å². The molecule has 31 heavy (non-hydrogen) atoms. The van der Waals surface area contributed by atoms with Crippen molar-refractivity contribution in [3.8, 4) is 11.5 Å². The fourth-order valence-electron chi connectivity index (χ4n) is 3.52. The number of rotatable bonds is 9. The fraction of sp³-hybridized carbons (Fsp3) is 0.522. The lowest BCUT2D eigenvalue weighted by Gasteiger charge is -2.23. The van der Waals surface area contributed by atoms with Crippen LogP contribution in [0.25, 0.3) is 0 Å². The van der Waals surface area contributed by atoms with E-state index < -0.39 is 0 Å². The summed E-state index contributed by atoms with van der Waals surface area (Å²) < 4.78 is 22.2. The summed E-state index contributed by atoms with van der Waals surface area (Å²) in [5.41, 5.74) is 1.01. The topological polar surface area (TPSA) is 77.2 Å². The molecular formula is C23H34IN3O4. The first-order valence-corrected chi connectivity index (χ1v) is 10.6. The van der Waals surface area contributed by atoms with E-state index in [2.05, 4.69) is 17.6 Å². The van der Waals surface area contributed by atoms with Crippen molar-refractivity contribution in [2.45, 2.75) is 44.8 Å². The number of nitrogens with one attached hydrogen (secondary N) is 2. The summed E-state index contributed by atoms with van der Waals surface area (Å²) in [5.74, 6) is 3.29. The summed E-state index contributed by atoms with van der Waals surface area (Å²) in [4.78, 5) is 4.80. The quantitative estimate of drug-likeness (QED) is 0.279. The van der Waals surface area contributed by atoms with Crippen LogP contribution in [-0.2, 0) is 11.2 Å². The van der Waals surface area contributed by atoms with Gasteiger partial charge in [-0.2, -0.15) is 0 Å². The number of methoxy groups -OCH3 is 2. The molecular weight excluding hydrogens is 509 g/mol. The predicted octanol–water partition coefficient (Wildman–Crippen LogP) is 4.32. The number of guanidine groups is 1. The number of furan rings is 1. The van der Waals surface area contributed by atoms with E-state index in [1.807, 2.05) is 30.3 Å². The lowest BCUT2D eigenvalue weighted by molar-refractivity contribution is 0.0224. The Morgan fingerprint density at radius 1 is 1.23 bits per heavy atom. The van der Waals surface area contributed by atoms with Gasteiger partial charge in [0.1, 0.15) is 17.3 Å². The van der Waals surface area contributed by atoms with Gasteiger partial charge in [-0.15, -0.1) is 24.0 Å². The van der Waals surface area contributed by atoms with Gasteiger partial charge in [0.2, 0.25) is 0 Å². The van der Waals surface area contributed by atoms with Crippen molar-refractivity contribution in [3.63, 3.8) is 0 Å². The van der Waals surface area contributed by atoms with Crippen molar-refractivity contribution >= 4 is 29.9 Å². The van der Waals surface area contributed by atoms with Crippen LogP contribution in [-0.4, -0.2) is 46.0 Å². The van der Waals surface area contributed by atoms with Gasteiger partial charge in [0, 0.05) is 25.1 Å². The Kier molecular flexibility index (Phi) is 11.0. The molecule has 1 aliphatic heterocycles. The Balaban J connectivity index is 0.00000341. The summed E-state index contributed by atoms with van der Waals surface area (Å²) in [6.45, 7) is 4.26. The van der Waals surface area contributed by atoms with Crippen LogP contribution in [0.1, 0.15) is 43.6 Å². The molecule has 2 aromatic rings. The monoisotopic (exact) mass is 543 g/mol. The molecule has 1 fully saturated rings. The first kappa shape index (κ1) is 25.3. The van der Waals surface area contributed by atoms with Gasteiger partial charge in [-0.25, -0.2) is 0 Å². The molecule has 0 bridgehead atoms. The average Bonchev–Trinajstić information content (AvgIpc) is 3.31. The second kappa shape index (κ2) is 13.5. The first-order valence-electron chi connectivity index (χ1n) is 10.6. The molecule has 0 amide bonds. The molecule has 2 atom stereocenters. The van der Waals surface area contributed by atoms with Crippen molar-refractivity contribution in [2.24, 2.45) is 4.99 Å². The molecule has 2 unspecified atom stereocenters. The Morgan fingerprint density at radius 2 is 2.10 bits per heavy atom. The molecule has 0 radical (unpaired) electrons. The minimum absolute atomic E-state index is 0. The van der Waals surface area contributed by atoms with Gasteiger partial charge in [-0.05, 0) is 56.5 Å². The molecule has 2 N–H and O–H groups in total. The van der Waals surface area contributed by atoms with Crippen molar-refractivity contribution in [1.29, 1.82) is 0 Å². The third kappa shape index (κ3) is 7.92. The van der Waals surface area contributed by atoms with E-state index in [1.54, 1.807) is 20.5 Å². The summed E-state index contributed by atoms with van der Waals surface area (Å²) in [6.07, 6.45) is 6.06. The van der Waals surface area contributed by atoms with E-state index in [0.717, 1.165) is 54.7 Å². The average molecular weight is 543 g/mol. The van der Waals surface area contributed by atoms with Crippen LogP contribution in [0.5, 0.6) is 11.5 Å². The van der Waals surface area contributed by atoms with E-state index in [9.17, 15) is 0 Å². The smallest absolute Gasteiger partial charge is 0.191 e. The molecule has 0 spiro atoms. The van der Waals surface area contributed by atoms with E-state index in [0.29, 0.717) is 13.1 Å². The fourth-order valence-corrected chi connectivity index (χ4v) is 3.52. The van der Waals surface area contributed by atoms with Gasteiger partial charge < -0.3 is 29.3 Å². The molecule has 1 saturated heterocycles. The van der Waals surface area contributed by atoms with Gasteiger partial charge in [0.15, 0.2) is 5.96 Å². The van der Waals surface area contributed by atoms with Gasteiger partial charge in [-0.3, -0.25) is 4.99 Å². The summed E-state index contributed by atoms with van der Waals surface area (Å²) in [7, 11) is 3.34. The van der Waals surface area contributed by atoms with Crippen LogP contribution in [0.2, 0.25) is 0 Å². The highest BCUT2D eigenvalue weighted by atomic mass is 127. The minimum Gasteiger partial charge on any atom is -0.497 e. The molecule has 3 rings (SSSR count). The van der Waals surface area contributed by atoms with E-state index in [4.69, 9.17) is 23.6 Å². The zero-order valence-electron chi connectivity index (χ0n) is 18.6. The van der Waals surface area contributed by atoms with Gasteiger partial charge in [0.05, 0.1) is 39.2 Å². The molecule has 7 nitrogen and oxygen atoms in total. The highest BCUT2D eigenvalue weighted by Crippen LogP contribution is 2.29. The van der Waals surface area contributed by atoms with Gasteiger partial charge >= 0.3 is 0 Å². The maximum Gasteiger partial charge on any atom is 0.191 e. The maximum absolute atomic E-state index is 5.83. The van der Waals surface area contributed by atoms with Crippen molar-refractivity contribution in [1.82, 2.24) is 10.6 Å². The molecule has 2 heterocycles. The Labute approximate surface area is 202 Å². The van der Waals surface area contributed by atoms with Crippen LogP contribution in [0, 0.1) is 0 Å². The highest BCUT2D eigenvalue weighted by Gasteiger charge is 2.17. The lowest BCUT2D eigenvalue weighted by Crippen LogP contribution is -2.40. The summed E-state index contributed by atoms with van der Waals surface area (Å²) in [6, 6.07) is 9.65. The summed E-state index contributed by atoms with van der Waals surface area (Å²) >= 11 is 0. The number of benzene rings is 1. The Hall–Kier alpha value is -1.94. The van der Waals surface area contributed by atoms with Crippen LogP contribution in [0.4, 0.5) is 0 Å². The lowest BCUT2D eigenvalue weighted by atomic mass is 10.1. The molecule has 172 valence electrons. The molecule has 8 heteroatoms. The second-order valence-corrected chi connectivity index (χ2v) is 7.41. The highest BCUT2D eigenvalue weighted by molar-refractivity contribution is 14.0. The number of hydrogen-bond donors (Lipinski definition) is 2. The van der Waals surface area contributed by atoms with Crippen LogP contribution in [0.3, 0.4) is 0 Å². The summed E-state index contributed by atoms with van der Waals surface area (Å²) in [5, 5.41) is 6.91. The number of hydrogen-bond acceptors (Lipinski definition) is 5. The zero-order valence-corrected chi connectivity index (χ0v) is 20.9. The van der Waals surface area contributed by atoms with Crippen LogP contribution < -0.4 is 20.1 Å². The molecule has 0 saturated carbocycles. The molecule has 1 aromatic carbocycles. The number of halogens is 1. The molecule has 1 aromatic heterocycles. The maximum atomic E-state index is 5.83. The minimum atomic E-state index is -0.0304. The van der Waals surface area contributed by atoms with Crippen LogP contribution in [0.15, 0.2) is 46.0 Å². The Morgan fingerprint density at radius 3 is 2.77 bits per heavy atom. The van der Waals surface area contributed by atoms with Gasteiger partial charge in [-0.1, -0.05) is 0 Å².